The Labute approximate surface area is 92.7 Å². The standard InChI is InChI=1S/C11H13N3O2/c15-11-1-3-13-9-14(11)5-4-12-7-10-2-6-16-8-10/h1-3,6,8-9,12H,4-5,7H2. The highest BCUT2D eigenvalue weighted by molar-refractivity contribution is 5.04. The second-order valence-electron chi connectivity index (χ2n) is 3.42. The molecular weight excluding hydrogens is 206 g/mol. The highest BCUT2D eigenvalue weighted by atomic mass is 16.3. The van der Waals surface area contributed by atoms with Gasteiger partial charge in [-0.15, -0.1) is 0 Å². The predicted molar refractivity (Wildman–Crippen MR) is 58.9 cm³/mol. The highest BCUT2D eigenvalue weighted by Crippen LogP contribution is 1.97. The van der Waals surface area contributed by atoms with Crippen LogP contribution < -0.4 is 10.9 Å². The molecule has 0 amide bonds. The average molecular weight is 219 g/mol. The third-order valence-electron chi connectivity index (χ3n) is 2.23. The van der Waals surface area contributed by atoms with E-state index in [1.54, 1.807) is 23.4 Å². The summed E-state index contributed by atoms with van der Waals surface area (Å²) >= 11 is 0. The summed E-state index contributed by atoms with van der Waals surface area (Å²) in [6.07, 6.45) is 6.38. The Kier molecular flexibility index (Phi) is 3.50. The highest BCUT2D eigenvalue weighted by Gasteiger charge is 1.95. The molecule has 2 heterocycles. The first-order chi connectivity index (χ1) is 7.86. The lowest BCUT2D eigenvalue weighted by atomic mass is 10.3. The molecule has 0 unspecified atom stereocenters. The molecular formula is C11H13N3O2. The first-order valence-corrected chi connectivity index (χ1v) is 5.08. The summed E-state index contributed by atoms with van der Waals surface area (Å²) < 4.78 is 6.52. The van der Waals surface area contributed by atoms with Crippen LogP contribution in [0.25, 0.3) is 0 Å². The minimum atomic E-state index is -0.0277. The van der Waals surface area contributed by atoms with Gasteiger partial charge in [-0.05, 0) is 6.07 Å². The number of aromatic nitrogens is 2. The molecule has 0 atom stereocenters. The third kappa shape index (κ3) is 2.80. The average Bonchev–Trinajstić information content (AvgIpc) is 2.79. The van der Waals surface area contributed by atoms with E-state index >= 15 is 0 Å². The van der Waals surface area contributed by atoms with Crippen LogP contribution in [-0.2, 0) is 13.1 Å². The van der Waals surface area contributed by atoms with Gasteiger partial charge in [0.1, 0.15) is 0 Å². The van der Waals surface area contributed by atoms with Crippen molar-refractivity contribution in [2.45, 2.75) is 13.1 Å². The molecule has 0 spiro atoms. The first kappa shape index (κ1) is 10.6. The van der Waals surface area contributed by atoms with Gasteiger partial charge < -0.3 is 9.73 Å². The molecule has 0 saturated carbocycles. The van der Waals surface area contributed by atoms with E-state index in [1.165, 1.54) is 12.3 Å². The Morgan fingerprint density at radius 2 is 2.38 bits per heavy atom. The van der Waals surface area contributed by atoms with Gasteiger partial charge >= 0.3 is 0 Å². The number of nitrogens with one attached hydrogen (secondary N) is 1. The van der Waals surface area contributed by atoms with Gasteiger partial charge in [0.2, 0.25) is 0 Å². The molecule has 16 heavy (non-hydrogen) atoms. The smallest absolute Gasteiger partial charge is 0.253 e. The molecule has 5 nitrogen and oxygen atoms in total. The Morgan fingerprint density at radius 3 is 3.12 bits per heavy atom. The lowest BCUT2D eigenvalue weighted by molar-refractivity contribution is 0.552. The Balaban J connectivity index is 1.76. The summed E-state index contributed by atoms with van der Waals surface area (Å²) in [7, 11) is 0. The molecule has 0 bridgehead atoms. The third-order valence-corrected chi connectivity index (χ3v) is 2.23. The van der Waals surface area contributed by atoms with E-state index in [0.717, 1.165) is 18.7 Å². The number of nitrogens with zero attached hydrogens (tertiary/aromatic N) is 2. The fraction of sp³-hybridized carbons (Fsp3) is 0.273. The van der Waals surface area contributed by atoms with Gasteiger partial charge in [-0.1, -0.05) is 0 Å². The van der Waals surface area contributed by atoms with Crippen molar-refractivity contribution in [3.8, 4) is 0 Å². The van der Waals surface area contributed by atoms with Crippen LogP contribution >= 0.6 is 0 Å². The molecule has 2 aromatic heterocycles. The van der Waals surface area contributed by atoms with Gasteiger partial charge in [0.25, 0.3) is 5.56 Å². The quantitative estimate of drug-likeness (QED) is 0.749. The molecule has 2 aromatic rings. The molecule has 0 aromatic carbocycles. The van der Waals surface area contributed by atoms with E-state index in [4.69, 9.17) is 4.42 Å². The van der Waals surface area contributed by atoms with E-state index in [1.807, 2.05) is 6.07 Å². The molecule has 0 fully saturated rings. The lowest BCUT2D eigenvalue weighted by Crippen LogP contribution is -2.26. The van der Waals surface area contributed by atoms with E-state index in [9.17, 15) is 4.79 Å². The molecule has 0 aliphatic heterocycles. The van der Waals surface area contributed by atoms with Crippen molar-refractivity contribution in [2.75, 3.05) is 6.54 Å². The van der Waals surface area contributed by atoms with E-state index in [-0.39, 0.29) is 5.56 Å². The molecule has 1 N–H and O–H groups in total. The number of hydrogen-bond donors (Lipinski definition) is 1. The molecule has 5 heteroatoms. The lowest BCUT2D eigenvalue weighted by Gasteiger charge is -2.05. The van der Waals surface area contributed by atoms with Gasteiger partial charge in [-0.2, -0.15) is 0 Å². The van der Waals surface area contributed by atoms with Crippen LogP contribution in [0.15, 0.2) is 46.4 Å². The van der Waals surface area contributed by atoms with Crippen molar-refractivity contribution in [3.05, 3.63) is 53.1 Å². The summed E-state index contributed by atoms with van der Waals surface area (Å²) in [5, 5.41) is 3.22. The van der Waals surface area contributed by atoms with E-state index in [0.29, 0.717) is 6.54 Å². The molecule has 0 saturated heterocycles. The minimum absolute atomic E-state index is 0.0277. The largest absolute Gasteiger partial charge is 0.472 e. The summed E-state index contributed by atoms with van der Waals surface area (Å²) in [6, 6.07) is 3.36. The van der Waals surface area contributed by atoms with Crippen LogP contribution in [0.5, 0.6) is 0 Å². The van der Waals surface area contributed by atoms with Gasteiger partial charge in [0.05, 0.1) is 18.9 Å². The summed E-state index contributed by atoms with van der Waals surface area (Å²) in [4.78, 5) is 15.2. The van der Waals surface area contributed by atoms with E-state index < -0.39 is 0 Å². The van der Waals surface area contributed by atoms with Gasteiger partial charge in [-0.3, -0.25) is 9.36 Å². The normalized spacial score (nSPS) is 10.5. The fourth-order valence-corrected chi connectivity index (χ4v) is 1.37. The van der Waals surface area contributed by atoms with Crippen molar-refractivity contribution in [3.63, 3.8) is 0 Å². The van der Waals surface area contributed by atoms with Crippen LogP contribution in [0.1, 0.15) is 5.56 Å². The van der Waals surface area contributed by atoms with Crippen molar-refractivity contribution in [1.82, 2.24) is 14.9 Å². The van der Waals surface area contributed by atoms with Crippen molar-refractivity contribution in [2.24, 2.45) is 0 Å². The van der Waals surface area contributed by atoms with Gasteiger partial charge in [0, 0.05) is 37.5 Å². The Bertz CT molecular complexity index is 476. The van der Waals surface area contributed by atoms with Crippen molar-refractivity contribution < 1.29 is 4.42 Å². The summed E-state index contributed by atoms with van der Waals surface area (Å²) in [5.74, 6) is 0. The SMILES string of the molecule is O=c1ccncn1CCNCc1ccoc1. The van der Waals surface area contributed by atoms with Crippen LogP contribution in [0.2, 0.25) is 0 Å². The number of furan rings is 1. The Hall–Kier alpha value is -1.88. The van der Waals surface area contributed by atoms with Crippen LogP contribution in [0.3, 0.4) is 0 Å². The van der Waals surface area contributed by atoms with Crippen LogP contribution in [-0.4, -0.2) is 16.1 Å². The van der Waals surface area contributed by atoms with Gasteiger partial charge in [0.15, 0.2) is 0 Å². The van der Waals surface area contributed by atoms with Crippen LogP contribution in [0, 0.1) is 0 Å². The Morgan fingerprint density at radius 1 is 1.44 bits per heavy atom. The molecule has 2 rings (SSSR count). The minimum Gasteiger partial charge on any atom is -0.472 e. The van der Waals surface area contributed by atoms with Crippen molar-refractivity contribution in [1.29, 1.82) is 0 Å². The maximum atomic E-state index is 11.3. The fourth-order valence-electron chi connectivity index (χ4n) is 1.37. The predicted octanol–water partition coefficient (Wildman–Crippen LogP) is 0.626. The van der Waals surface area contributed by atoms with Crippen molar-refractivity contribution >= 4 is 0 Å². The molecule has 84 valence electrons. The first-order valence-electron chi connectivity index (χ1n) is 5.08. The summed E-state index contributed by atoms with van der Waals surface area (Å²) in [5.41, 5.74) is 1.07. The monoisotopic (exact) mass is 219 g/mol. The van der Waals surface area contributed by atoms with E-state index in [2.05, 4.69) is 10.3 Å². The molecule has 0 aliphatic rings. The number of hydrogen-bond acceptors (Lipinski definition) is 4. The van der Waals surface area contributed by atoms with Gasteiger partial charge in [-0.25, -0.2) is 4.98 Å². The number of rotatable bonds is 5. The second-order valence-corrected chi connectivity index (χ2v) is 3.42. The zero-order valence-electron chi connectivity index (χ0n) is 8.80. The molecule has 0 aliphatic carbocycles. The second kappa shape index (κ2) is 5.27. The maximum Gasteiger partial charge on any atom is 0.253 e. The molecule has 0 radical (unpaired) electrons. The topological polar surface area (TPSA) is 60.1 Å². The maximum absolute atomic E-state index is 11.3. The summed E-state index contributed by atoms with van der Waals surface area (Å²) in [6.45, 7) is 2.08. The zero-order valence-corrected chi connectivity index (χ0v) is 8.80. The zero-order chi connectivity index (χ0) is 11.2. The van der Waals surface area contributed by atoms with Crippen LogP contribution in [0.4, 0.5) is 0 Å².